The van der Waals surface area contributed by atoms with Crippen molar-refractivity contribution in [3.63, 3.8) is 0 Å². The summed E-state index contributed by atoms with van der Waals surface area (Å²) in [6.45, 7) is 0.762. The van der Waals surface area contributed by atoms with Gasteiger partial charge in [0.25, 0.3) is 0 Å². The fourth-order valence-corrected chi connectivity index (χ4v) is 2.63. The highest BCUT2D eigenvalue weighted by atomic mass is 35.5. The van der Waals surface area contributed by atoms with E-state index in [4.69, 9.17) is 5.73 Å². The van der Waals surface area contributed by atoms with E-state index in [1.807, 2.05) is 12.1 Å². The Bertz CT molecular complexity index is 381. The predicted molar refractivity (Wildman–Crippen MR) is 86.5 cm³/mol. The molecule has 6 heteroatoms. The molecule has 0 aromatic carbocycles. The number of anilines is 1. The minimum absolute atomic E-state index is 0. The third-order valence-corrected chi connectivity index (χ3v) is 3.74. The Balaban J connectivity index is 0.00000180. The Labute approximate surface area is 132 Å². The third-order valence-electron chi connectivity index (χ3n) is 3.74. The Kier molecular flexibility index (Phi) is 9.55. The first kappa shape index (κ1) is 19.2. The molecule has 0 bridgehead atoms. The molecule has 1 fully saturated rings. The van der Waals surface area contributed by atoms with E-state index in [1.54, 1.807) is 12.4 Å². The van der Waals surface area contributed by atoms with E-state index in [2.05, 4.69) is 10.3 Å². The lowest BCUT2D eigenvalue weighted by Gasteiger charge is -2.27. The minimum atomic E-state index is 0. The number of nitrogens with zero attached hydrogens (tertiary/aromatic N) is 1. The lowest BCUT2D eigenvalue weighted by molar-refractivity contribution is -0.121. The smallest absolute Gasteiger partial charge is 0.227 e. The highest BCUT2D eigenvalue weighted by Gasteiger charge is 2.25. The molecule has 4 nitrogen and oxygen atoms in total. The quantitative estimate of drug-likeness (QED) is 0.896. The van der Waals surface area contributed by atoms with Crippen LogP contribution in [0.15, 0.2) is 24.5 Å². The molecule has 0 unspecified atom stereocenters. The average molecular weight is 320 g/mol. The summed E-state index contributed by atoms with van der Waals surface area (Å²) in [6, 6.07) is 3.63. The minimum Gasteiger partial charge on any atom is -0.330 e. The lowest BCUT2D eigenvalue weighted by atomic mass is 9.80. The van der Waals surface area contributed by atoms with Gasteiger partial charge in [-0.1, -0.05) is 0 Å². The van der Waals surface area contributed by atoms with E-state index in [9.17, 15) is 4.79 Å². The van der Waals surface area contributed by atoms with Gasteiger partial charge < -0.3 is 11.1 Å². The van der Waals surface area contributed by atoms with Gasteiger partial charge in [0, 0.05) is 24.0 Å². The van der Waals surface area contributed by atoms with Gasteiger partial charge in [-0.3, -0.25) is 9.78 Å². The molecule has 1 aliphatic rings. The number of hydrogen-bond acceptors (Lipinski definition) is 3. The van der Waals surface area contributed by atoms with E-state index in [1.165, 1.54) is 0 Å². The number of carbonyl (C=O) groups excluding carboxylic acids is 1. The van der Waals surface area contributed by atoms with Gasteiger partial charge in [0.2, 0.25) is 5.91 Å². The topological polar surface area (TPSA) is 68.0 Å². The highest BCUT2D eigenvalue weighted by molar-refractivity contribution is 5.92. The zero-order valence-corrected chi connectivity index (χ0v) is 13.1. The molecule has 0 aliphatic heterocycles. The molecule has 0 saturated heterocycles. The Morgan fingerprint density at radius 1 is 1.20 bits per heavy atom. The van der Waals surface area contributed by atoms with Crippen molar-refractivity contribution in [2.24, 2.45) is 17.6 Å². The molecule has 2 rings (SSSR count). The van der Waals surface area contributed by atoms with Gasteiger partial charge >= 0.3 is 0 Å². The third kappa shape index (κ3) is 5.65. The zero-order valence-electron chi connectivity index (χ0n) is 11.5. The Morgan fingerprint density at radius 3 is 2.35 bits per heavy atom. The maximum atomic E-state index is 12.1. The summed E-state index contributed by atoms with van der Waals surface area (Å²) in [5.74, 6) is 1.03. The van der Waals surface area contributed by atoms with E-state index >= 15 is 0 Å². The van der Waals surface area contributed by atoms with Crippen molar-refractivity contribution in [1.29, 1.82) is 0 Å². The maximum absolute atomic E-state index is 12.1. The Morgan fingerprint density at radius 2 is 1.80 bits per heavy atom. The van der Waals surface area contributed by atoms with Crippen LogP contribution >= 0.6 is 24.8 Å². The van der Waals surface area contributed by atoms with Crippen molar-refractivity contribution >= 4 is 36.4 Å². The molecule has 1 aliphatic carbocycles. The predicted octanol–water partition coefficient (Wildman–Crippen LogP) is 3.02. The molecule has 1 amide bonds. The number of nitrogens with one attached hydrogen (secondary N) is 1. The van der Waals surface area contributed by atoms with Crippen LogP contribution in [-0.2, 0) is 4.79 Å². The van der Waals surface area contributed by atoms with E-state index < -0.39 is 0 Å². The number of hydrogen-bond donors (Lipinski definition) is 2. The van der Waals surface area contributed by atoms with Crippen molar-refractivity contribution in [3.05, 3.63) is 24.5 Å². The van der Waals surface area contributed by atoms with E-state index in [0.29, 0.717) is 0 Å². The molecular formula is C14H23Cl2N3O. The standard InChI is InChI=1S/C14H21N3O.2ClH/c15-8-5-11-1-3-12(4-2-11)14(18)17-13-6-9-16-10-7-13;;/h6-7,9-12H,1-5,8,15H2,(H,16,17,18);2*1H. The summed E-state index contributed by atoms with van der Waals surface area (Å²) < 4.78 is 0. The van der Waals surface area contributed by atoms with Crippen LogP contribution in [0.3, 0.4) is 0 Å². The second-order valence-corrected chi connectivity index (χ2v) is 5.02. The normalized spacial score (nSPS) is 21.2. The summed E-state index contributed by atoms with van der Waals surface area (Å²) in [5.41, 5.74) is 6.40. The molecule has 1 aromatic heterocycles. The molecule has 1 aromatic rings. The van der Waals surface area contributed by atoms with Crippen molar-refractivity contribution in [3.8, 4) is 0 Å². The van der Waals surface area contributed by atoms with E-state index in [-0.39, 0.29) is 36.6 Å². The van der Waals surface area contributed by atoms with Gasteiger partial charge in [-0.15, -0.1) is 24.8 Å². The molecular weight excluding hydrogens is 297 g/mol. The summed E-state index contributed by atoms with van der Waals surface area (Å²) in [7, 11) is 0. The van der Waals surface area contributed by atoms with Crippen LogP contribution in [0.4, 0.5) is 5.69 Å². The number of nitrogens with two attached hydrogens (primary N) is 1. The fourth-order valence-electron chi connectivity index (χ4n) is 2.63. The van der Waals surface area contributed by atoms with Crippen molar-refractivity contribution in [1.82, 2.24) is 4.98 Å². The van der Waals surface area contributed by atoms with Crippen molar-refractivity contribution in [2.45, 2.75) is 32.1 Å². The second kappa shape index (κ2) is 9.97. The van der Waals surface area contributed by atoms with Crippen molar-refractivity contribution < 1.29 is 4.79 Å². The molecule has 1 heterocycles. The first-order chi connectivity index (χ1) is 8.79. The lowest BCUT2D eigenvalue weighted by Crippen LogP contribution is -2.27. The van der Waals surface area contributed by atoms with Crippen LogP contribution in [0.1, 0.15) is 32.1 Å². The molecule has 114 valence electrons. The van der Waals surface area contributed by atoms with Crippen molar-refractivity contribution in [2.75, 3.05) is 11.9 Å². The van der Waals surface area contributed by atoms with Crippen LogP contribution in [0.5, 0.6) is 0 Å². The van der Waals surface area contributed by atoms with Crippen LogP contribution in [-0.4, -0.2) is 17.4 Å². The molecule has 0 radical (unpaired) electrons. The molecule has 20 heavy (non-hydrogen) atoms. The van der Waals surface area contributed by atoms with Gasteiger partial charge in [-0.2, -0.15) is 0 Å². The second-order valence-electron chi connectivity index (χ2n) is 5.02. The van der Waals surface area contributed by atoms with Gasteiger partial charge in [-0.05, 0) is 56.7 Å². The highest BCUT2D eigenvalue weighted by Crippen LogP contribution is 2.31. The SMILES string of the molecule is Cl.Cl.NCCC1CCC(C(=O)Nc2ccncc2)CC1. The van der Waals surface area contributed by atoms with Gasteiger partial charge in [0.1, 0.15) is 0 Å². The summed E-state index contributed by atoms with van der Waals surface area (Å²) in [6.07, 6.45) is 8.71. The van der Waals surface area contributed by atoms with Gasteiger partial charge in [-0.25, -0.2) is 0 Å². The largest absolute Gasteiger partial charge is 0.330 e. The summed E-state index contributed by atoms with van der Waals surface area (Å²) in [4.78, 5) is 16.0. The number of aromatic nitrogens is 1. The van der Waals surface area contributed by atoms with Crippen LogP contribution in [0.25, 0.3) is 0 Å². The Hall–Kier alpha value is -0.840. The number of carbonyl (C=O) groups is 1. The maximum Gasteiger partial charge on any atom is 0.227 e. The number of rotatable bonds is 4. The van der Waals surface area contributed by atoms with Crippen LogP contribution in [0, 0.1) is 11.8 Å². The number of halogens is 2. The summed E-state index contributed by atoms with van der Waals surface area (Å²) in [5, 5.41) is 2.95. The van der Waals surface area contributed by atoms with E-state index in [0.717, 1.165) is 50.3 Å². The monoisotopic (exact) mass is 319 g/mol. The number of amides is 1. The molecule has 3 N–H and O–H groups in total. The first-order valence-electron chi connectivity index (χ1n) is 6.70. The molecule has 0 spiro atoms. The number of pyridine rings is 1. The fraction of sp³-hybridized carbons (Fsp3) is 0.571. The molecule has 0 atom stereocenters. The first-order valence-corrected chi connectivity index (χ1v) is 6.70. The van der Waals surface area contributed by atoms with Crippen LogP contribution in [0.2, 0.25) is 0 Å². The summed E-state index contributed by atoms with van der Waals surface area (Å²) >= 11 is 0. The van der Waals surface area contributed by atoms with Gasteiger partial charge in [0.05, 0.1) is 0 Å². The van der Waals surface area contributed by atoms with Crippen LogP contribution < -0.4 is 11.1 Å². The van der Waals surface area contributed by atoms with Gasteiger partial charge in [0.15, 0.2) is 0 Å². The zero-order chi connectivity index (χ0) is 12.8. The molecule has 1 saturated carbocycles. The average Bonchev–Trinajstić information content (AvgIpc) is 2.41.